The van der Waals surface area contributed by atoms with E-state index in [4.69, 9.17) is 15.3 Å². The maximum atomic E-state index is 8.66. The molecule has 0 radical (unpaired) electrons. The third kappa shape index (κ3) is 2.50. The third-order valence-electron chi connectivity index (χ3n) is 1.78. The van der Waals surface area contributed by atoms with E-state index in [9.17, 15) is 0 Å². The quantitative estimate of drug-likeness (QED) is 0.727. The van der Waals surface area contributed by atoms with Crippen LogP contribution in [-0.4, -0.2) is 6.10 Å². The molecule has 0 amide bonds. The smallest absolute Gasteiger partial charge is 0.184 e. The molecular weight excluding hydrogens is 176 g/mol. The molecule has 0 bridgehead atoms. The molecule has 0 aliphatic rings. The fourth-order valence-corrected chi connectivity index (χ4v) is 0.973. The molecule has 0 saturated carbocycles. The van der Waals surface area contributed by atoms with Gasteiger partial charge in [0.05, 0.1) is 11.6 Å². The topological polar surface area (TPSA) is 56.8 Å². The third-order valence-corrected chi connectivity index (χ3v) is 1.78. The predicted octanol–water partition coefficient (Wildman–Crippen LogP) is 2.24. The summed E-state index contributed by atoms with van der Waals surface area (Å²) in [5.41, 5.74) is 0.586. The van der Waals surface area contributed by atoms with Crippen molar-refractivity contribution in [1.29, 1.82) is 10.5 Å². The minimum Gasteiger partial charge on any atom is -0.476 e. The lowest BCUT2D eigenvalue weighted by Gasteiger charge is -2.09. The van der Waals surface area contributed by atoms with Crippen LogP contribution in [0.25, 0.3) is 0 Å². The molecule has 0 N–H and O–H groups in total. The monoisotopic (exact) mass is 186 g/mol. The van der Waals surface area contributed by atoms with E-state index >= 15 is 0 Å². The van der Waals surface area contributed by atoms with Crippen molar-refractivity contribution in [3.05, 3.63) is 29.8 Å². The van der Waals surface area contributed by atoms with E-state index in [0.717, 1.165) is 0 Å². The Hall–Kier alpha value is -2.00. The Morgan fingerprint density at radius 2 is 1.93 bits per heavy atom. The van der Waals surface area contributed by atoms with Crippen LogP contribution >= 0.6 is 0 Å². The highest BCUT2D eigenvalue weighted by atomic mass is 16.5. The molecule has 0 aliphatic heterocycles. The number of nitriles is 2. The van der Waals surface area contributed by atoms with Crippen molar-refractivity contribution in [2.45, 2.75) is 19.4 Å². The molecule has 1 aromatic rings. The van der Waals surface area contributed by atoms with E-state index in [1.807, 2.05) is 19.1 Å². The van der Waals surface area contributed by atoms with Crippen LogP contribution in [0.3, 0.4) is 0 Å². The lowest BCUT2D eigenvalue weighted by atomic mass is 10.2. The van der Waals surface area contributed by atoms with Gasteiger partial charge in [0.15, 0.2) is 6.10 Å². The summed E-state index contributed by atoms with van der Waals surface area (Å²) >= 11 is 0. The van der Waals surface area contributed by atoms with Gasteiger partial charge < -0.3 is 4.74 Å². The lowest BCUT2D eigenvalue weighted by molar-refractivity contribution is 0.252. The van der Waals surface area contributed by atoms with Crippen molar-refractivity contribution in [1.82, 2.24) is 0 Å². The predicted molar refractivity (Wildman–Crippen MR) is 51.5 cm³/mol. The van der Waals surface area contributed by atoms with E-state index in [0.29, 0.717) is 17.7 Å². The Balaban J connectivity index is 2.70. The van der Waals surface area contributed by atoms with Crippen molar-refractivity contribution in [3.63, 3.8) is 0 Å². The molecule has 0 saturated heterocycles. The van der Waals surface area contributed by atoms with Crippen LogP contribution in [0.4, 0.5) is 0 Å². The fourth-order valence-electron chi connectivity index (χ4n) is 0.973. The van der Waals surface area contributed by atoms with Gasteiger partial charge in [-0.1, -0.05) is 6.92 Å². The molecule has 0 aromatic heterocycles. The van der Waals surface area contributed by atoms with Crippen LogP contribution < -0.4 is 4.74 Å². The Kier molecular flexibility index (Phi) is 3.52. The van der Waals surface area contributed by atoms with Crippen molar-refractivity contribution < 1.29 is 4.74 Å². The average Bonchev–Trinajstić information content (AvgIpc) is 2.26. The molecule has 3 nitrogen and oxygen atoms in total. The van der Waals surface area contributed by atoms with E-state index in [2.05, 4.69) is 0 Å². The summed E-state index contributed by atoms with van der Waals surface area (Å²) in [4.78, 5) is 0. The summed E-state index contributed by atoms with van der Waals surface area (Å²) in [6.07, 6.45) is 0.235. The van der Waals surface area contributed by atoms with Crippen LogP contribution in [-0.2, 0) is 0 Å². The molecule has 0 heterocycles. The van der Waals surface area contributed by atoms with Gasteiger partial charge in [-0.15, -0.1) is 0 Å². The number of benzene rings is 1. The zero-order valence-electron chi connectivity index (χ0n) is 7.90. The van der Waals surface area contributed by atoms with E-state index in [1.165, 1.54) is 0 Å². The van der Waals surface area contributed by atoms with Crippen molar-refractivity contribution in [2.75, 3.05) is 0 Å². The standard InChI is InChI=1S/C11H10N2O/c1-2-10(8-13)14-11-5-3-9(7-12)4-6-11/h3-6,10H,2H2,1H3. The van der Waals surface area contributed by atoms with Gasteiger partial charge in [-0.2, -0.15) is 10.5 Å². The van der Waals surface area contributed by atoms with Gasteiger partial charge in [0, 0.05) is 0 Å². The summed E-state index contributed by atoms with van der Waals surface area (Å²) < 4.78 is 5.34. The number of hydrogen-bond donors (Lipinski definition) is 0. The van der Waals surface area contributed by atoms with Crippen LogP contribution in [0.15, 0.2) is 24.3 Å². The molecule has 0 spiro atoms. The van der Waals surface area contributed by atoms with Gasteiger partial charge in [-0.05, 0) is 30.7 Å². The second-order valence-electron chi connectivity index (χ2n) is 2.78. The SMILES string of the molecule is CCC(C#N)Oc1ccc(C#N)cc1. The minimum atomic E-state index is -0.414. The van der Waals surface area contributed by atoms with Crippen LogP contribution in [0, 0.1) is 22.7 Å². The molecule has 0 aliphatic carbocycles. The zero-order chi connectivity index (χ0) is 10.4. The Morgan fingerprint density at radius 3 is 2.36 bits per heavy atom. The van der Waals surface area contributed by atoms with Gasteiger partial charge in [0.1, 0.15) is 11.8 Å². The molecule has 0 fully saturated rings. The molecule has 1 atom stereocenters. The van der Waals surface area contributed by atoms with Crippen molar-refractivity contribution in [3.8, 4) is 17.9 Å². The van der Waals surface area contributed by atoms with Gasteiger partial charge in [0.25, 0.3) is 0 Å². The first-order valence-electron chi connectivity index (χ1n) is 4.36. The molecular formula is C11H10N2O. The maximum Gasteiger partial charge on any atom is 0.184 e. The number of nitrogens with zero attached hydrogens (tertiary/aromatic N) is 2. The number of ether oxygens (including phenoxy) is 1. The first-order chi connectivity index (χ1) is 6.80. The molecule has 1 aromatic carbocycles. The second-order valence-corrected chi connectivity index (χ2v) is 2.78. The highest BCUT2D eigenvalue weighted by molar-refractivity contribution is 5.34. The van der Waals surface area contributed by atoms with Gasteiger partial charge in [-0.25, -0.2) is 0 Å². The molecule has 70 valence electrons. The summed E-state index contributed by atoms with van der Waals surface area (Å²) in [6, 6.07) is 10.8. The van der Waals surface area contributed by atoms with Crippen molar-refractivity contribution in [2.24, 2.45) is 0 Å². The summed E-state index contributed by atoms with van der Waals surface area (Å²) in [5, 5.41) is 17.2. The highest BCUT2D eigenvalue weighted by Gasteiger charge is 2.05. The normalized spacial score (nSPS) is 11.1. The van der Waals surface area contributed by atoms with E-state index < -0.39 is 6.10 Å². The van der Waals surface area contributed by atoms with Gasteiger partial charge in [0.2, 0.25) is 0 Å². The maximum absolute atomic E-state index is 8.66. The van der Waals surface area contributed by atoms with Crippen LogP contribution in [0.2, 0.25) is 0 Å². The molecule has 1 rings (SSSR count). The second kappa shape index (κ2) is 4.89. The molecule has 3 heteroatoms. The highest BCUT2D eigenvalue weighted by Crippen LogP contribution is 2.14. The summed E-state index contributed by atoms with van der Waals surface area (Å²) in [6.45, 7) is 1.89. The summed E-state index contributed by atoms with van der Waals surface area (Å²) in [5.74, 6) is 0.623. The largest absolute Gasteiger partial charge is 0.476 e. The van der Waals surface area contributed by atoms with Crippen LogP contribution in [0.1, 0.15) is 18.9 Å². The molecule has 1 unspecified atom stereocenters. The van der Waals surface area contributed by atoms with Crippen LogP contribution in [0.5, 0.6) is 5.75 Å². The van der Waals surface area contributed by atoms with Crippen molar-refractivity contribution >= 4 is 0 Å². The fraction of sp³-hybridized carbons (Fsp3) is 0.273. The number of rotatable bonds is 3. The zero-order valence-corrected chi connectivity index (χ0v) is 7.90. The number of hydrogen-bond acceptors (Lipinski definition) is 3. The Labute approximate surface area is 83.2 Å². The first kappa shape index (κ1) is 10.1. The lowest BCUT2D eigenvalue weighted by Crippen LogP contribution is -2.11. The Morgan fingerprint density at radius 1 is 1.29 bits per heavy atom. The van der Waals surface area contributed by atoms with Gasteiger partial charge in [-0.3, -0.25) is 0 Å². The minimum absolute atomic E-state index is 0.414. The average molecular weight is 186 g/mol. The van der Waals surface area contributed by atoms with E-state index in [-0.39, 0.29) is 0 Å². The summed E-state index contributed by atoms with van der Waals surface area (Å²) in [7, 11) is 0. The first-order valence-corrected chi connectivity index (χ1v) is 4.36. The Bertz CT molecular complexity index is 370. The van der Waals surface area contributed by atoms with Gasteiger partial charge >= 0.3 is 0 Å². The van der Waals surface area contributed by atoms with E-state index in [1.54, 1.807) is 24.3 Å². The molecule has 14 heavy (non-hydrogen) atoms.